The van der Waals surface area contributed by atoms with Crippen LogP contribution in [0.3, 0.4) is 0 Å². The third-order valence-electron chi connectivity index (χ3n) is 3.03. The monoisotopic (exact) mass is 238 g/mol. The largest absolute Gasteiger partial charge is 0.467 e. The van der Waals surface area contributed by atoms with Crippen molar-refractivity contribution in [2.75, 3.05) is 14.2 Å². The van der Waals surface area contributed by atoms with E-state index in [4.69, 9.17) is 4.74 Å². The number of ether oxygens (including phenoxy) is 2. The van der Waals surface area contributed by atoms with E-state index in [1.807, 2.05) is 0 Å². The van der Waals surface area contributed by atoms with Gasteiger partial charge in [0.15, 0.2) is 5.54 Å². The van der Waals surface area contributed by atoms with Gasteiger partial charge in [0.1, 0.15) is 5.56 Å². The Morgan fingerprint density at radius 3 is 2.47 bits per heavy atom. The minimum Gasteiger partial charge on any atom is -0.467 e. The van der Waals surface area contributed by atoms with Gasteiger partial charge in [-0.2, -0.15) is 5.10 Å². The molecule has 0 saturated heterocycles. The van der Waals surface area contributed by atoms with Crippen molar-refractivity contribution < 1.29 is 19.1 Å². The van der Waals surface area contributed by atoms with Crippen LogP contribution in [0.5, 0.6) is 0 Å². The van der Waals surface area contributed by atoms with Gasteiger partial charge >= 0.3 is 11.9 Å². The van der Waals surface area contributed by atoms with Crippen molar-refractivity contribution in [1.82, 2.24) is 9.78 Å². The van der Waals surface area contributed by atoms with E-state index in [-0.39, 0.29) is 5.97 Å². The number of aromatic nitrogens is 2. The quantitative estimate of drug-likeness (QED) is 0.723. The molecule has 0 radical (unpaired) electrons. The predicted molar refractivity (Wildman–Crippen MR) is 57.5 cm³/mol. The molecule has 1 fully saturated rings. The van der Waals surface area contributed by atoms with E-state index in [0.29, 0.717) is 24.1 Å². The smallest absolute Gasteiger partial charge is 0.341 e. The van der Waals surface area contributed by atoms with E-state index in [2.05, 4.69) is 9.84 Å². The van der Waals surface area contributed by atoms with Crippen LogP contribution in [0.15, 0.2) is 6.20 Å². The summed E-state index contributed by atoms with van der Waals surface area (Å²) in [5, 5.41) is 4.20. The molecule has 1 aromatic heterocycles. The zero-order chi connectivity index (χ0) is 12.6. The number of carbonyl (C=O) groups is 2. The maximum absolute atomic E-state index is 11.7. The number of aryl methyl sites for hydroxylation is 1. The number of carbonyl (C=O) groups excluding carboxylic acids is 2. The molecule has 0 spiro atoms. The number of esters is 2. The van der Waals surface area contributed by atoms with E-state index in [1.54, 1.807) is 13.1 Å². The first-order valence-electron chi connectivity index (χ1n) is 5.28. The third kappa shape index (κ3) is 1.69. The highest BCUT2D eigenvalue weighted by Gasteiger charge is 2.54. The zero-order valence-electron chi connectivity index (χ0n) is 10.0. The number of hydrogen-bond donors (Lipinski definition) is 0. The van der Waals surface area contributed by atoms with Crippen molar-refractivity contribution in [1.29, 1.82) is 0 Å². The van der Waals surface area contributed by atoms with Crippen LogP contribution in [-0.2, 0) is 19.8 Å². The van der Waals surface area contributed by atoms with Gasteiger partial charge in [0, 0.05) is 6.20 Å². The molecule has 1 aliphatic rings. The van der Waals surface area contributed by atoms with Crippen molar-refractivity contribution in [2.45, 2.75) is 25.3 Å². The van der Waals surface area contributed by atoms with Gasteiger partial charge in [-0.3, -0.25) is 4.68 Å². The van der Waals surface area contributed by atoms with Crippen molar-refractivity contribution >= 4 is 11.9 Å². The van der Waals surface area contributed by atoms with E-state index in [1.165, 1.54) is 18.9 Å². The summed E-state index contributed by atoms with van der Waals surface area (Å²) in [6, 6.07) is 0. The van der Waals surface area contributed by atoms with Crippen molar-refractivity contribution in [3.63, 3.8) is 0 Å². The summed E-state index contributed by atoms with van der Waals surface area (Å²) in [5.74, 6) is -0.772. The van der Waals surface area contributed by atoms with Crippen LogP contribution in [0.25, 0.3) is 0 Å². The van der Waals surface area contributed by atoms with Gasteiger partial charge in [-0.25, -0.2) is 9.59 Å². The standard InChI is InChI=1S/C11H14N2O4/c1-7-8(9(14)16-2)6-13(12-7)11(4-5-11)10(15)17-3/h6H,4-5H2,1-3H3. The lowest BCUT2D eigenvalue weighted by molar-refractivity contribution is -0.146. The molecule has 6 nitrogen and oxygen atoms in total. The molecular formula is C11H14N2O4. The van der Waals surface area contributed by atoms with E-state index in [9.17, 15) is 9.59 Å². The topological polar surface area (TPSA) is 70.4 Å². The Bertz CT molecular complexity index is 474. The fraction of sp³-hybridized carbons (Fsp3) is 0.545. The van der Waals surface area contributed by atoms with E-state index < -0.39 is 11.5 Å². The highest BCUT2D eigenvalue weighted by atomic mass is 16.5. The molecule has 1 saturated carbocycles. The van der Waals surface area contributed by atoms with Crippen LogP contribution in [-0.4, -0.2) is 35.9 Å². The zero-order valence-corrected chi connectivity index (χ0v) is 10.0. The van der Waals surface area contributed by atoms with Crippen molar-refractivity contribution in [3.8, 4) is 0 Å². The summed E-state index contributed by atoms with van der Waals surface area (Å²) in [6.45, 7) is 1.70. The number of nitrogens with zero attached hydrogens (tertiary/aromatic N) is 2. The van der Waals surface area contributed by atoms with Crippen LogP contribution >= 0.6 is 0 Å². The van der Waals surface area contributed by atoms with Crippen molar-refractivity contribution in [2.24, 2.45) is 0 Å². The second-order valence-electron chi connectivity index (χ2n) is 4.09. The van der Waals surface area contributed by atoms with Gasteiger partial charge in [0.05, 0.1) is 19.9 Å². The average Bonchev–Trinajstić information content (AvgIpc) is 3.06. The lowest BCUT2D eigenvalue weighted by atomic mass is 10.2. The number of hydrogen-bond acceptors (Lipinski definition) is 5. The van der Waals surface area contributed by atoms with Gasteiger partial charge in [0.25, 0.3) is 0 Å². The van der Waals surface area contributed by atoms with Gasteiger partial charge < -0.3 is 9.47 Å². The summed E-state index contributed by atoms with van der Waals surface area (Å²) in [4.78, 5) is 23.1. The molecule has 0 aliphatic heterocycles. The van der Waals surface area contributed by atoms with Gasteiger partial charge in [-0.05, 0) is 19.8 Å². The lowest BCUT2D eigenvalue weighted by Crippen LogP contribution is -2.29. The summed E-state index contributed by atoms with van der Waals surface area (Å²) < 4.78 is 10.9. The molecule has 0 unspecified atom stereocenters. The molecule has 0 atom stereocenters. The maximum Gasteiger partial charge on any atom is 0.341 e. The van der Waals surface area contributed by atoms with Gasteiger partial charge in [0.2, 0.25) is 0 Å². The Kier molecular flexibility index (Phi) is 2.65. The predicted octanol–water partition coefficient (Wildman–Crippen LogP) is 0.640. The highest BCUT2D eigenvalue weighted by Crippen LogP contribution is 2.44. The molecule has 0 bridgehead atoms. The first-order chi connectivity index (χ1) is 8.05. The van der Waals surface area contributed by atoms with Crippen molar-refractivity contribution in [3.05, 3.63) is 17.5 Å². The molecule has 0 amide bonds. The van der Waals surface area contributed by atoms with Crippen LogP contribution in [0, 0.1) is 6.92 Å². The normalized spacial score (nSPS) is 16.4. The molecule has 0 N–H and O–H groups in total. The van der Waals surface area contributed by atoms with Crippen LogP contribution in [0.2, 0.25) is 0 Å². The Morgan fingerprint density at radius 1 is 1.35 bits per heavy atom. The highest BCUT2D eigenvalue weighted by molar-refractivity contribution is 5.90. The molecule has 1 aromatic rings. The molecule has 2 rings (SSSR count). The fourth-order valence-electron chi connectivity index (χ4n) is 1.82. The van der Waals surface area contributed by atoms with Gasteiger partial charge in [-0.1, -0.05) is 0 Å². The molecular weight excluding hydrogens is 224 g/mol. The lowest BCUT2D eigenvalue weighted by Gasteiger charge is -2.12. The molecule has 1 aliphatic carbocycles. The van der Waals surface area contributed by atoms with Crippen LogP contribution in [0.4, 0.5) is 0 Å². The Labute approximate surface area is 98.5 Å². The van der Waals surface area contributed by atoms with E-state index >= 15 is 0 Å². The Hall–Kier alpha value is -1.85. The van der Waals surface area contributed by atoms with Gasteiger partial charge in [-0.15, -0.1) is 0 Å². The second-order valence-corrected chi connectivity index (χ2v) is 4.09. The number of rotatable bonds is 3. The van der Waals surface area contributed by atoms with E-state index in [0.717, 1.165) is 0 Å². The molecule has 0 aromatic carbocycles. The first-order valence-corrected chi connectivity index (χ1v) is 5.28. The summed E-state index contributed by atoms with van der Waals surface area (Å²) in [5.41, 5.74) is 0.209. The van der Waals surface area contributed by atoms with Crippen LogP contribution < -0.4 is 0 Å². The Morgan fingerprint density at radius 2 is 2.00 bits per heavy atom. The SMILES string of the molecule is COC(=O)c1cn(C2(C(=O)OC)CC2)nc1C. The fourth-order valence-corrected chi connectivity index (χ4v) is 1.82. The summed E-state index contributed by atoms with van der Waals surface area (Å²) >= 11 is 0. The van der Waals surface area contributed by atoms with Crippen LogP contribution in [0.1, 0.15) is 28.9 Å². The minimum atomic E-state index is -0.716. The maximum atomic E-state index is 11.7. The molecule has 1 heterocycles. The molecule has 6 heteroatoms. The number of methoxy groups -OCH3 is 2. The Balaban J connectivity index is 2.36. The second kappa shape index (κ2) is 3.87. The minimum absolute atomic E-state index is 0.323. The third-order valence-corrected chi connectivity index (χ3v) is 3.03. The molecule has 17 heavy (non-hydrogen) atoms. The first kappa shape index (κ1) is 11.6. The molecule has 92 valence electrons. The average molecular weight is 238 g/mol. The summed E-state index contributed by atoms with van der Waals surface area (Å²) in [7, 11) is 2.66. The summed E-state index contributed by atoms with van der Waals surface area (Å²) in [6.07, 6.45) is 2.91.